The summed E-state index contributed by atoms with van der Waals surface area (Å²) in [5, 5.41) is 16.8. The molecule has 3 rings (SSSR count). The van der Waals surface area contributed by atoms with Crippen LogP contribution < -0.4 is 5.32 Å². The number of halogens is 1. The van der Waals surface area contributed by atoms with E-state index in [1.807, 2.05) is 30.3 Å². The Hall–Kier alpha value is -2.34. The second kappa shape index (κ2) is 7.91. The van der Waals surface area contributed by atoms with Crippen LogP contribution in [0.25, 0.3) is 0 Å². The Morgan fingerprint density at radius 3 is 2.73 bits per heavy atom. The zero-order valence-corrected chi connectivity index (χ0v) is 15.4. The van der Waals surface area contributed by atoms with Gasteiger partial charge in [-0.3, -0.25) is 9.59 Å². The Balaban J connectivity index is 1.72. The minimum absolute atomic E-state index is 0.148. The van der Waals surface area contributed by atoms with Crippen LogP contribution >= 0.6 is 11.6 Å². The second-order valence-corrected chi connectivity index (χ2v) is 7.12. The number of carboxylic acids is 1. The fourth-order valence-corrected chi connectivity index (χ4v) is 3.80. The van der Waals surface area contributed by atoms with Crippen molar-refractivity contribution >= 4 is 23.5 Å². The number of hydrogen-bond donors (Lipinski definition) is 2. The number of carbonyl (C=O) groups excluding carboxylic acids is 1. The number of nitrogens with zero attached hydrogens (tertiary/aromatic N) is 2. The molecule has 1 heterocycles. The van der Waals surface area contributed by atoms with Crippen LogP contribution in [0.1, 0.15) is 47.3 Å². The Kier molecular flexibility index (Phi) is 5.61. The monoisotopic (exact) mass is 375 g/mol. The Bertz CT molecular complexity index is 804. The van der Waals surface area contributed by atoms with Gasteiger partial charge in [0.15, 0.2) is 0 Å². The van der Waals surface area contributed by atoms with Crippen LogP contribution in [0.3, 0.4) is 0 Å². The van der Waals surface area contributed by atoms with E-state index < -0.39 is 11.9 Å². The lowest BCUT2D eigenvalue weighted by Crippen LogP contribution is -2.40. The average molecular weight is 376 g/mol. The molecule has 1 aliphatic carbocycles. The van der Waals surface area contributed by atoms with Gasteiger partial charge in [0.05, 0.1) is 23.7 Å². The molecule has 6 nitrogen and oxygen atoms in total. The summed E-state index contributed by atoms with van der Waals surface area (Å²) in [4.78, 5) is 23.9. The summed E-state index contributed by atoms with van der Waals surface area (Å²) in [7, 11) is 0. The van der Waals surface area contributed by atoms with Crippen molar-refractivity contribution in [1.82, 2.24) is 15.1 Å². The number of nitrogens with one attached hydrogen (secondary N) is 1. The summed E-state index contributed by atoms with van der Waals surface area (Å²) in [5.41, 5.74) is 1.97. The van der Waals surface area contributed by atoms with Gasteiger partial charge in [-0.2, -0.15) is 5.10 Å². The zero-order chi connectivity index (χ0) is 18.7. The van der Waals surface area contributed by atoms with E-state index in [1.165, 1.54) is 0 Å². The predicted molar refractivity (Wildman–Crippen MR) is 98.4 cm³/mol. The topological polar surface area (TPSA) is 84.2 Å². The summed E-state index contributed by atoms with van der Waals surface area (Å²) in [5.74, 6) is -1.48. The number of aromatic nitrogens is 2. The van der Waals surface area contributed by atoms with E-state index in [4.69, 9.17) is 11.6 Å². The molecule has 0 bridgehead atoms. The van der Waals surface area contributed by atoms with E-state index in [9.17, 15) is 14.7 Å². The maximum Gasteiger partial charge on any atom is 0.306 e. The summed E-state index contributed by atoms with van der Waals surface area (Å²) in [6.45, 7) is 2.24. The second-order valence-electron chi connectivity index (χ2n) is 6.77. The fraction of sp³-hybridized carbons (Fsp3) is 0.421. The van der Waals surface area contributed by atoms with Crippen molar-refractivity contribution < 1.29 is 14.7 Å². The molecule has 1 aromatic carbocycles. The summed E-state index contributed by atoms with van der Waals surface area (Å²) in [6, 6.07) is 9.62. The third-order valence-corrected chi connectivity index (χ3v) is 5.21. The van der Waals surface area contributed by atoms with Crippen molar-refractivity contribution in [2.45, 2.75) is 45.2 Å². The van der Waals surface area contributed by atoms with Crippen molar-refractivity contribution in [2.75, 3.05) is 0 Å². The standard InChI is InChI=1S/C19H22ClN3O3/c1-12-16(17(20)23(22-12)11-13-6-3-2-4-7-13)18(24)21-15-9-5-8-14(10-15)19(25)26/h2-4,6-7,14-15H,5,8-11H2,1H3,(H,21,24)(H,25,26)/t14-,15-/m1/s1. The lowest BCUT2D eigenvalue weighted by atomic mass is 9.85. The van der Waals surface area contributed by atoms with Crippen molar-refractivity contribution in [3.63, 3.8) is 0 Å². The largest absolute Gasteiger partial charge is 0.481 e. The molecule has 0 saturated heterocycles. The molecule has 0 unspecified atom stereocenters. The van der Waals surface area contributed by atoms with E-state index in [1.54, 1.807) is 11.6 Å². The summed E-state index contributed by atoms with van der Waals surface area (Å²) in [6.07, 6.45) is 2.69. The SMILES string of the molecule is Cc1nn(Cc2ccccc2)c(Cl)c1C(=O)N[C@@H]1CCC[C@@H](C(=O)O)C1. The molecule has 1 amide bonds. The molecule has 138 valence electrons. The number of hydrogen-bond acceptors (Lipinski definition) is 3. The van der Waals surface area contributed by atoms with Gasteiger partial charge in [-0.1, -0.05) is 48.4 Å². The quantitative estimate of drug-likeness (QED) is 0.840. The Labute approximate surface area is 157 Å². The number of carboxylic acid groups (broad SMARTS) is 1. The average Bonchev–Trinajstić information content (AvgIpc) is 2.89. The molecule has 2 aromatic rings. The highest BCUT2D eigenvalue weighted by molar-refractivity contribution is 6.33. The maximum absolute atomic E-state index is 12.7. The van der Waals surface area contributed by atoms with Crippen LogP contribution in [0.5, 0.6) is 0 Å². The van der Waals surface area contributed by atoms with Crippen molar-refractivity contribution in [3.05, 3.63) is 52.3 Å². The van der Waals surface area contributed by atoms with Crippen LogP contribution in [0.2, 0.25) is 5.15 Å². The van der Waals surface area contributed by atoms with Gasteiger partial charge in [-0.15, -0.1) is 0 Å². The zero-order valence-electron chi connectivity index (χ0n) is 14.6. The van der Waals surface area contributed by atoms with Crippen LogP contribution in [-0.4, -0.2) is 32.8 Å². The Morgan fingerprint density at radius 2 is 2.04 bits per heavy atom. The van der Waals surface area contributed by atoms with Gasteiger partial charge in [-0.05, 0) is 31.7 Å². The van der Waals surface area contributed by atoms with Crippen molar-refractivity contribution in [1.29, 1.82) is 0 Å². The first-order valence-corrected chi connectivity index (χ1v) is 9.14. The van der Waals surface area contributed by atoms with Crippen LogP contribution in [0.15, 0.2) is 30.3 Å². The number of aryl methyl sites for hydroxylation is 1. The highest BCUT2D eigenvalue weighted by Crippen LogP contribution is 2.26. The van der Waals surface area contributed by atoms with E-state index >= 15 is 0 Å². The minimum Gasteiger partial charge on any atom is -0.481 e. The van der Waals surface area contributed by atoms with E-state index in [-0.39, 0.29) is 11.9 Å². The lowest BCUT2D eigenvalue weighted by Gasteiger charge is -2.27. The normalized spacial score (nSPS) is 19.9. The number of rotatable bonds is 5. The molecular formula is C19H22ClN3O3. The van der Waals surface area contributed by atoms with E-state index in [0.29, 0.717) is 35.8 Å². The van der Waals surface area contributed by atoms with Crippen LogP contribution in [0.4, 0.5) is 0 Å². The fourth-order valence-electron chi connectivity index (χ4n) is 3.48. The number of benzene rings is 1. The first-order valence-electron chi connectivity index (χ1n) is 8.76. The number of amides is 1. The molecule has 7 heteroatoms. The molecule has 0 spiro atoms. The molecular weight excluding hydrogens is 354 g/mol. The van der Waals surface area contributed by atoms with Gasteiger partial charge in [0, 0.05) is 6.04 Å². The summed E-state index contributed by atoms with van der Waals surface area (Å²) >= 11 is 6.42. The molecule has 1 fully saturated rings. The molecule has 0 radical (unpaired) electrons. The van der Waals surface area contributed by atoms with Gasteiger partial charge in [0.1, 0.15) is 5.15 Å². The van der Waals surface area contributed by atoms with Gasteiger partial charge in [0.2, 0.25) is 0 Å². The van der Waals surface area contributed by atoms with Crippen LogP contribution in [0, 0.1) is 12.8 Å². The van der Waals surface area contributed by atoms with E-state index in [0.717, 1.165) is 18.4 Å². The molecule has 1 aromatic heterocycles. The van der Waals surface area contributed by atoms with Crippen molar-refractivity contribution in [2.24, 2.45) is 5.92 Å². The molecule has 2 atom stereocenters. The predicted octanol–water partition coefficient (Wildman–Crippen LogP) is 3.27. The summed E-state index contributed by atoms with van der Waals surface area (Å²) < 4.78 is 1.61. The molecule has 2 N–H and O–H groups in total. The van der Waals surface area contributed by atoms with Gasteiger partial charge in [-0.25, -0.2) is 4.68 Å². The first kappa shape index (κ1) is 18.5. The van der Waals surface area contributed by atoms with Crippen LogP contribution in [-0.2, 0) is 11.3 Å². The van der Waals surface area contributed by atoms with Gasteiger partial charge < -0.3 is 10.4 Å². The van der Waals surface area contributed by atoms with Gasteiger partial charge >= 0.3 is 5.97 Å². The lowest BCUT2D eigenvalue weighted by molar-refractivity contribution is -0.143. The molecule has 1 saturated carbocycles. The highest BCUT2D eigenvalue weighted by Gasteiger charge is 2.29. The third kappa shape index (κ3) is 4.07. The van der Waals surface area contributed by atoms with Crippen molar-refractivity contribution in [3.8, 4) is 0 Å². The first-order chi connectivity index (χ1) is 12.5. The third-order valence-electron chi connectivity index (χ3n) is 4.83. The number of aliphatic carboxylic acids is 1. The molecule has 26 heavy (non-hydrogen) atoms. The molecule has 1 aliphatic rings. The Morgan fingerprint density at radius 1 is 1.31 bits per heavy atom. The van der Waals surface area contributed by atoms with Gasteiger partial charge in [0.25, 0.3) is 5.91 Å². The smallest absolute Gasteiger partial charge is 0.306 e. The molecule has 0 aliphatic heterocycles. The maximum atomic E-state index is 12.7. The minimum atomic E-state index is -0.797. The van der Waals surface area contributed by atoms with E-state index in [2.05, 4.69) is 10.4 Å². The number of carbonyl (C=O) groups is 2. The highest BCUT2D eigenvalue weighted by atomic mass is 35.5.